The van der Waals surface area contributed by atoms with Crippen LogP contribution in [-0.4, -0.2) is 31.9 Å². The third kappa shape index (κ3) is 3.78. The molecule has 0 amide bonds. The summed E-state index contributed by atoms with van der Waals surface area (Å²) in [6.07, 6.45) is 4.05. The molecule has 2 atom stereocenters. The fourth-order valence-electron chi connectivity index (χ4n) is 2.44. The van der Waals surface area contributed by atoms with E-state index in [4.69, 9.17) is 9.47 Å². The number of benzene rings is 1. The van der Waals surface area contributed by atoms with Crippen molar-refractivity contribution < 1.29 is 9.47 Å². The second kappa shape index (κ2) is 6.04. The molecule has 1 aliphatic carbocycles. The normalized spacial score (nSPS) is 24.6. The van der Waals surface area contributed by atoms with E-state index in [1.807, 2.05) is 0 Å². The van der Waals surface area contributed by atoms with Gasteiger partial charge in [0.25, 0.3) is 0 Å². The highest BCUT2D eigenvalue weighted by atomic mass is 16.6. The van der Waals surface area contributed by atoms with Crippen LogP contribution in [0.5, 0.6) is 0 Å². The average molecular weight is 261 g/mol. The minimum atomic E-state index is 0.146. The maximum Gasteiger partial charge on any atom is 0.0954 e. The van der Waals surface area contributed by atoms with Crippen molar-refractivity contribution in [3.05, 3.63) is 35.4 Å². The van der Waals surface area contributed by atoms with Crippen LogP contribution in [0.3, 0.4) is 0 Å². The molecule has 0 spiro atoms. The standard InChI is InChI=1S/C16H23NO2/c1-12-2-4-13(5-3-12)16(10-17-14-6-7-14)19-15-8-9-18-11-15/h2-5,14-17H,6-11H2,1H3. The van der Waals surface area contributed by atoms with E-state index in [9.17, 15) is 0 Å². The van der Waals surface area contributed by atoms with Gasteiger partial charge in [0.2, 0.25) is 0 Å². The van der Waals surface area contributed by atoms with Gasteiger partial charge in [-0.1, -0.05) is 29.8 Å². The average Bonchev–Trinajstić information content (AvgIpc) is 3.11. The first-order valence-electron chi connectivity index (χ1n) is 7.34. The van der Waals surface area contributed by atoms with Gasteiger partial charge in [-0.2, -0.15) is 0 Å². The number of aryl methyl sites for hydroxylation is 1. The zero-order valence-electron chi connectivity index (χ0n) is 11.6. The van der Waals surface area contributed by atoms with E-state index in [1.165, 1.54) is 24.0 Å². The van der Waals surface area contributed by atoms with E-state index in [-0.39, 0.29) is 12.2 Å². The van der Waals surface area contributed by atoms with E-state index in [1.54, 1.807) is 0 Å². The highest BCUT2D eigenvalue weighted by molar-refractivity contribution is 5.23. The van der Waals surface area contributed by atoms with Crippen LogP contribution in [0, 0.1) is 6.92 Å². The van der Waals surface area contributed by atoms with Gasteiger partial charge in [-0.05, 0) is 31.7 Å². The molecule has 1 N–H and O–H groups in total. The summed E-state index contributed by atoms with van der Waals surface area (Å²) in [5.41, 5.74) is 2.56. The van der Waals surface area contributed by atoms with Gasteiger partial charge in [-0.25, -0.2) is 0 Å². The zero-order chi connectivity index (χ0) is 13.1. The van der Waals surface area contributed by atoms with E-state index in [2.05, 4.69) is 36.5 Å². The lowest BCUT2D eigenvalue weighted by atomic mass is 10.1. The Morgan fingerprint density at radius 2 is 2.05 bits per heavy atom. The molecule has 3 heteroatoms. The molecule has 1 aliphatic heterocycles. The molecule has 1 aromatic rings. The summed E-state index contributed by atoms with van der Waals surface area (Å²) in [6, 6.07) is 9.41. The number of hydrogen-bond acceptors (Lipinski definition) is 3. The molecule has 0 aromatic heterocycles. The molecule has 1 saturated heterocycles. The molecule has 1 aromatic carbocycles. The minimum Gasteiger partial charge on any atom is -0.379 e. The number of hydrogen-bond donors (Lipinski definition) is 1. The first-order valence-corrected chi connectivity index (χ1v) is 7.34. The number of rotatable bonds is 6. The molecule has 104 valence electrons. The van der Waals surface area contributed by atoms with E-state index in [0.717, 1.165) is 32.2 Å². The quantitative estimate of drug-likeness (QED) is 0.854. The Morgan fingerprint density at radius 3 is 2.68 bits per heavy atom. The van der Waals surface area contributed by atoms with E-state index < -0.39 is 0 Å². The van der Waals surface area contributed by atoms with Crippen LogP contribution in [0.1, 0.15) is 36.5 Å². The SMILES string of the molecule is Cc1ccc(C(CNC2CC2)OC2CCOC2)cc1. The smallest absolute Gasteiger partial charge is 0.0954 e. The summed E-state index contributed by atoms with van der Waals surface area (Å²) in [4.78, 5) is 0. The van der Waals surface area contributed by atoms with Gasteiger partial charge < -0.3 is 14.8 Å². The third-order valence-corrected chi connectivity index (χ3v) is 3.86. The Bertz CT molecular complexity index is 394. The molecular formula is C16H23NO2. The molecule has 19 heavy (non-hydrogen) atoms. The van der Waals surface area contributed by atoms with Crippen molar-refractivity contribution in [2.75, 3.05) is 19.8 Å². The van der Waals surface area contributed by atoms with Crippen LogP contribution in [0.4, 0.5) is 0 Å². The number of ether oxygens (including phenoxy) is 2. The predicted octanol–water partition coefficient (Wildman–Crippen LogP) is 2.59. The molecule has 3 nitrogen and oxygen atoms in total. The Morgan fingerprint density at radius 1 is 1.26 bits per heavy atom. The fourth-order valence-corrected chi connectivity index (χ4v) is 2.44. The van der Waals surface area contributed by atoms with Gasteiger partial charge in [0, 0.05) is 19.2 Å². The van der Waals surface area contributed by atoms with Crippen molar-refractivity contribution in [2.45, 2.75) is 44.4 Å². The second-order valence-corrected chi connectivity index (χ2v) is 5.70. The van der Waals surface area contributed by atoms with Crippen molar-refractivity contribution in [1.29, 1.82) is 0 Å². The van der Waals surface area contributed by atoms with E-state index >= 15 is 0 Å². The molecule has 2 unspecified atom stereocenters. The van der Waals surface area contributed by atoms with Crippen LogP contribution in [0.2, 0.25) is 0 Å². The van der Waals surface area contributed by atoms with Crippen molar-refractivity contribution in [2.24, 2.45) is 0 Å². The van der Waals surface area contributed by atoms with Gasteiger partial charge in [-0.3, -0.25) is 0 Å². The third-order valence-electron chi connectivity index (χ3n) is 3.86. The van der Waals surface area contributed by atoms with Crippen LogP contribution in [-0.2, 0) is 9.47 Å². The second-order valence-electron chi connectivity index (χ2n) is 5.70. The zero-order valence-corrected chi connectivity index (χ0v) is 11.6. The first kappa shape index (κ1) is 13.1. The van der Waals surface area contributed by atoms with Crippen molar-refractivity contribution >= 4 is 0 Å². The summed E-state index contributed by atoms with van der Waals surface area (Å²) >= 11 is 0. The summed E-state index contributed by atoms with van der Waals surface area (Å²) in [5.74, 6) is 0. The molecule has 0 radical (unpaired) electrons. The topological polar surface area (TPSA) is 30.5 Å². The van der Waals surface area contributed by atoms with Crippen LogP contribution < -0.4 is 5.32 Å². The van der Waals surface area contributed by atoms with Gasteiger partial charge >= 0.3 is 0 Å². The van der Waals surface area contributed by atoms with Gasteiger partial charge in [0.05, 0.1) is 18.8 Å². The summed E-state index contributed by atoms with van der Waals surface area (Å²) in [5, 5.41) is 3.58. The molecule has 2 aliphatic rings. The Hall–Kier alpha value is -0.900. The van der Waals surface area contributed by atoms with Crippen LogP contribution >= 0.6 is 0 Å². The molecule has 2 fully saturated rings. The van der Waals surface area contributed by atoms with Gasteiger partial charge in [0.15, 0.2) is 0 Å². The summed E-state index contributed by atoms with van der Waals surface area (Å²) in [6.45, 7) is 4.60. The summed E-state index contributed by atoms with van der Waals surface area (Å²) in [7, 11) is 0. The largest absolute Gasteiger partial charge is 0.379 e. The van der Waals surface area contributed by atoms with E-state index in [0.29, 0.717) is 0 Å². The molecule has 1 heterocycles. The lowest BCUT2D eigenvalue weighted by molar-refractivity contribution is -0.0166. The van der Waals surface area contributed by atoms with Gasteiger partial charge in [-0.15, -0.1) is 0 Å². The molecule has 0 bridgehead atoms. The highest BCUT2D eigenvalue weighted by Gasteiger charge is 2.25. The van der Waals surface area contributed by atoms with Crippen molar-refractivity contribution in [3.63, 3.8) is 0 Å². The monoisotopic (exact) mass is 261 g/mol. The molecule has 3 rings (SSSR count). The molecular weight excluding hydrogens is 238 g/mol. The Labute approximate surface area is 115 Å². The maximum atomic E-state index is 6.23. The Balaban J connectivity index is 1.64. The van der Waals surface area contributed by atoms with Crippen LogP contribution in [0.15, 0.2) is 24.3 Å². The van der Waals surface area contributed by atoms with Gasteiger partial charge in [0.1, 0.15) is 0 Å². The lowest BCUT2D eigenvalue weighted by Crippen LogP contribution is -2.28. The minimum absolute atomic E-state index is 0.146. The van der Waals surface area contributed by atoms with Crippen molar-refractivity contribution in [3.8, 4) is 0 Å². The predicted molar refractivity (Wildman–Crippen MR) is 75.3 cm³/mol. The Kier molecular flexibility index (Phi) is 4.16. The lowest BCUT2D eigenvalue weighted by Gasteiger charge is -2.22. The maximum absolute atomic E-state index is 6.23. The number of nitrogens with one attached hydrogen (secondary N) is 1. The fraction of sp³-hybridized carbons (Fsp3) is 0.625. The summed E-state index contributed by atoms with van der Waals surface area (Å²) < 4.78 is 11.6. The highest BCUT2D eigenvalue weighted by Crippen LogP contribution is 2.25. The van der Waals surface area contributed by atoms with Crippen LogP contribution in [0.25, 0.3) is 0 Å². The first-order chi connectivity index (χ1) is 9.31. The molecule has 1 saturated carbocycles. The van der Waals surface area contributed by atoms with Crippen molar-refractivity contribution in [1.82, 2.24) is 5.32 Å².